The van der Waals surface area contributed by atoms with Crippen LogP contribution in [0.15, 0.2) is 251 Å². The second-order valence-corrected chi connectivity index (χ2v) is 18.4. The molecule has 326 valence electrons. The van der Waals surface area contributed by atoms with Crippen LogP contribution < -0.4 is 9.80 Å². The highest BCUT2D eigenvalue weighted by molar-refractivity contribution is 6.23. The van der Waals surface area contributed by atoms with Gasteiger partial charge in [0.05, 0.1) is 11.4 Å². The van der Waals surface area contributed by atoms with E-state index in [9.17, 15) is 0 Å². The van der Waals surface area contributed by atoms with Gasteiger partial charge in [-0.25, -0.2) is 0 Å². The van der Waals surface area contributed by atoms with Crippen LogP contribution in [-0.2, 0) is 0 Å². The molecule has 70 heavy (non-hydrogen) atoms. The van der Waals surface area contributed by atoms with E-state index in [4.69, 9.17) is 8.83 Å². The zero-order chi connectivity index (χ0) is 45.9. The Bertz CT molecular complexity index is 4320. The molecule has 0 spiro atoms. The summed E-state index contributed by atoms with van der Waals surface area (Å²) in [5, 5.41) is 18.4. The summed E-state index contributed by atoms with van der Waals surface area (Å²) in [6, 6.07) is 87.5. The summed E-state index contributed by atoms with van der Waals surface area (Å²) in [5.74, 6) is 0. The number of para-hydroxylation sites is 2. The summed E-state index contributed by atoms with van der Waals surface area (Å²) in [6.07, 6.45) is 0. The van der Waals surface area contributed by atoms with Crippen LogP contribution >= 0.6 is 0 Å². The van der Waals surface area contributed by atoms with Gasteiger partial charge < -0.3 is 18.6 Å². The Morgan fingerprint density at radius 3 is 1.04 bits per heavy atom. The topological polar surface area (TPSA) is 32.8 Å². The Labute approximate surface area is 402 Å². The summed E-state index contributed by atoms with van der Waals surface area (Å²) in [7, 11) is 0. The minimum atomic E-state index is 0.805. The largest absolute Gasteiger partial charge is 0.455 e. The number of rotatable bonds is 6. The Hall–Kier alpha value is -9.38. The molecule has 0 amide bonds. The van der Waals surface area contributed by atoms with Crippen LogP contribution in [0.3, 0.4) is 0 Å². The molecule has 0 radical (unpaired) electrons. The molecule has 0 saturated carbocycles. The molecule has 0 aliphatic heterocycles. The zero-order valence-electron chi connectivity index (χ0n) is 37.8. The van der Waals surface area contributed by atoms with Crippen molar-refractivity contribution in [2.45, 2.75) is 0 Å². The molecule has 0 atom stereocenters. The highest BCUT2D eigenvalue weighted by atomic mass is 16.3. The first-order valence-corrected chi connectivity index (χ1v) is 23.9. The van der Waals surface area contributed by atoms with E-state index in [1.54, 1.807) is 0 Å². The van der Waals surface area contributed by atoms with E-state index in [-0.39, 0.29) is 0 Å². The van der Waals surface area contributed by atoms with Crippen LogP contribution in [-0.4, -0.2) is 0 Å². The van der Waals surface area contributed by atoms with Crippen molar-refractivity contribution in [3.8, 4) is 0 Å². The molecule has 0 aliphatic carbocycles. The van der Waals surface area contributed by atoms with Gasteiger partial charge in [0.15, 0.2) is 0 Å². The molecule has 2 aromatic heterocycles. The number of fused-ring (bicyclic) bond motifs is 16. The molecule has 0 N–H and O–H groups in total. The molecule has 0 fully saturated rings. The van der Waals surface area contributed by atoms with Gasteiger partial charge in [-0.15, -0.1) is 0 Å². The lowest BCUT2D eigenvalue weighted by atomic mass is 9.98. The summed E-state index contributed by atoms with van der Waals surface area (Å²) in [4.78, 5) is 4.76. The summed E-state index contributed by atoms with van der Waals surface area (Å²) in [6.45, 7) is 0. The molecule has 2 heterocycles. The maximum absolute atomic E-state index is 6.84. The Kier molecular flexibility index (Phi) is 8.33. The maximum Gasteiger partial charge on any atom is 0.143 e. The van der Waals surface area contributed by atoms with Crippen molar-refractivity contribution < 1.29 is 8.83 Å². The fourth-order valence-electron chi connectivity index (χ4n) is 11.3. The molecule has 0 aliphatic rings. The van der Waals surface area contributed by atoms with Gasteiger partial charge in [0.1, 0.15) is 22.3 Å². The monoisotopic (exact) mass is 892 g/mol. The van der Waals surface area contributed by atoms with Gasteiger partial charge >= 0.3 is 0 Å². The van der Waals surface area contributed by atoms with Crippen LogP contribution in [0.2, 0.25) is 0 Å². The standard InChI is InChI=1S/C66H40N2O2/c1-3-17-45(18-4-1)67(61-37-41-15-7-9-21-49(41)53-23-11-13-25-55(53)61)47-29-33-51-43(35-47)27-31-57-59-39-60-58-32-28-44-36-48(30-34-52(44)66(58)70-64(60)40-63(59)69-65(51)57)68(46-19-5-2-6-20-46)62-38-42-16-8-10-22-50(42)54-24-12-14-26-56(54)62/h1-40H. The van der Waals surface area contributed by atoms with Gasteiger partial charge in [0.2, 0.25) is 0 Å². The first-order chi connectivity index (χ1) is 34.7. The number of furan rings is 2. The number of benzene rings is 13. The fourth-order valence-corrected chi connectivity index (χ4v) is 11.3. The summed E-state index contributed by atoms with van der Waals surface area (Å²) in [5.41, 5.74) is 9.97. The molecular formula is C66H40N2O2. The van der Waals surface area contributed by atoms with E-state index in [2.05, 4.69) is 252 Å². The zero-order valence-corrected chi connectivity index (χ0v) is 37.8. The Balaban J connectivity index is 0.846. The molecule has 13 aromatic carbocycles. The molecule has 15 aromatic rings. The second-order valence-electron chi connectivity index (χ2n) is 18.4. The van der Waals surface area contributed by atoms with E-state index in [0.717, 1.165) is 99.5 Å². The van der Waals surface area contributed by atoms with Crippen molar-refractivity contribution in [3.63, 3.8) is 0 Å². The molecule has 0 unspecified atom stereocenters. The lowest BCUT2D eigenvalue weighted by Crippen LogP contribution is -2.10. The third-order valence-corrected chi connectivity index (χ3v) is 14.5. The van der Waals surface area contributed by atoms with Crippen molar-refractivity contribution >= 4 is 143 Å². The van der Waals surface area contributed by atoms with Crippen LogP contribution in [0.5, 0.6) is 0 Å². The predicted molar refractivity (Wildman–Crippen MR) is 295 cm³/mol. The van der Waals surface area contributed by atoms with Crippen molar-refractivity contribution in [3.05, 3.63) is 243 Å². The van der Waals surface area contributed by atoms with Gasteiger partial charge in [-0.05, 0) is 134 Å². The average molecular weight is 893 g/mol. The fraction of sp³-hybridized carbons (Fsp3) is 0. The minimum Gasteiger partial charge on any atom is -0.455 e. The van der Waals surface area contributed by atoms with Gasteiger partial charge in [-0.2, -0.15) is 0 Å². The third-order valence-electron chi connectivity index (χ3n) is 14.5. The van der Waals surface area contributed by atoms with Crippen molar-refractivity contribution in [1.29, 1.82) is 0 Å². The summed E-state index contributed by atoms with van der Waals surface area (Å²) >= 11 is 0. The third kappa shape index (κ3) is 5.84. The van der Waals surface area contributed by atoms with Gasteiger partial charge in [-0.1, -0.05) is 146 Å². The average Bonchev–Trinajstić information content (AvgIpc) is 3.98. The van der Waals surface area contributed by atoms with Gasteiger partial charge in [-0.3, -0.25) is 0 Å². The Morgan fingerprint density at radius 1 is 0.214 bits per heavy atom. The quantitative estimate of drug-likeness (QED) is 0.156. The highest BCUT2D eigenvalue weighted by Crippen LogP contribution is 2.47. The highest BCUT2D eigenvalue weighted by Gasteiger charge is 2.22. The molecular weight excluding hydrogens is 853 g/mol. The van der Waals surface area contributed by atoms with E-state index in [1.807, 2.05) is 0 Å². The normalized spacial score (nSPS) is 12.0. The van der Waals surface area contributed by atoms with E-state index in [1.165, 1.54) is 43.1 Å². The SMILES string of the molecule is c1ccc(N(c2ccc3c(ccc4c5cc6c(cc5oc34)oc3c4ccc(N(c5ccccc5)c5cc7ccccc7c7ccccc57)cc4ccc63)c2)c2cc3ccccc3c3ccccc23)cc1. The molecule has 4 heteroatoms. The predicted octanol–water partition coefficient (Wildman–Crippen LogP) is 19.3. The van der Waals surface area contributed by atoms with E-state index in [0.29, 0.717) is 0 Å². The van der Waals surface area contributed by atoms with Gasteiger partial charge in [0, 0.05) is 71.9 Å². The number of nitrogens with zero attached hydrogens (tertiary/aromatic N) is 2. The van der Waals surface area contributed by atoms with E-state index < -0.39 is 0 Å². The minimum absolute atomic E-state index is 0.805. The van der Waals surface area contributed by atoms with Crippen molar-refractivity contribution in [1.82, 2.24) is 0 Å². The first-order valence-electron chi connectivity index (χ1n) is 23.9. The summed E-state index contributed by atoms with van der Waals surface area (Å²) < 4.78 is 13.7. The van der Waals surface area contributed by atoms with Crippen molar-refractivity contribution in [2.75, 3.05) is 9.80 Å². The van der Waals surface area contributed by atoms with Gasteiger partial charge in [0.25, 0.3) is 0 Å². The molecule has 0 saturated heterocycles. The second kappa shape index (κ2) is 15.1. The van der Waals surface area contributed by atoms with Crippen LogP contribution in [0, 0.1) is 0 Å². The number of hydrogen-bond donors (Lipinski definition) is 0. The first kappa shape index (κ1) is 38.7. The van der Waals surface area contributed by atoms with Crippen LogP contribution in [0.4, 0.5) is 34.1 Å². The smallest absolute Gasteiger partial charge is 0.143 e. The van der Waals surface area contributed by atoms with Crippen LogP contribution in [0.25, 0.3) is 109 Å². The van der Waals surface area contributed by atoms with E-state index >= 15 is 0 Å². The Morgan fingerprint density at radius 2 is 0.586 bits per heavy atom. The van der Waals surface area contributed by atoms with Crippen LogP contribution in [0.1, 0.15) is 0 Å². The number of anilines is 6. The molecule has 15 rings (SSSR count). The molecule has 4 nitrogen and oxygen atoms in total. The number of hydrogen-bond acceptors (Lipinski definition) is 4. The maximum atomic E-state index is 6.84. The lowest BCUT2D eigenvalue weighted by Gasteiger charge is -2.28. The molecule has 0 bridgehead atoms. The lowest BCUT2D eigenvalue weighted by molar-refractivity contribution is 0.660. The van der Waals surface area contributed by atoms with Crippen molar-refractivity contribution in [2.24, 2.45) is 0 Å².